The lowest BCUT2D eigenvalue weighted by atomic mass is 9.91. The summed E-state index contributed by atoms with van der Waals surface area (Å²) in [5.41, 5.74) is 1.02. The molecule has 4 heteroatoms. The van der Waals surface area contributed by atoms with Crippen LogP contribution < -0.4 is 20.1 Å². The molecule has 0 aliphatic heterocycles. The number of ether oxygens (including phenoxy) is 2. The van der Waals surface area contributed by atoms with Gasteiger partial charge in [-0.2, -0.15) is 0 Å². The van der Waals surface area contributed by atoms with Gasteiger partial charge in [0.1, 0.15) is 11.5 Å². The molecule has 1 aromatic rings. The van der Waals surface area contributed by atoms with Crippen LogP contribution in [0.4, 0.5) is 5.69 Å². The van der Waals surface area contributed by atoms with E-state index in [1.54, 1.807) is 14.2 Å². The van der Waals surface area contributed by atoms with Crippen molar-refractivity contribution in [1.29, 1.82) is 0 Å². The molecule has 0 bridgehead atoms. The van der Waals surface area contributed by atoms with E-state index in [9.17, 15) is 0 Å². The fourth-order valence-electron chi connectivity index (χ4n) is 2.67. The number of hydrogen-bond donors (Lipinski definition) is 2. The Morgan fingerprint density at radius 1 is 1.00 bits per heavy atom. The molecule has 0 aromatic heterocycles. The molecule has 1 aliphatic rings. The van der Waals surface area contributed by atoms with Gasteiger partial charge < -0.3 is 20.1 Å². The van der Waals surface area contributed by atoms with Gasteiger partial charge >= 0.3 is 0 Å². The van der Waals surface area contributed by atoms with Crippen LogP contribution in [0.25, 0.3) is 0 Å². The van der Waals surface area contributed by atoms with E-state index in [4.69, 9.17) is 9.47 Å². The summed E-state index contributed by atoms with van der Waals surface area (Å²) in [7, 11) is 5.43. The zero-order chi connectivity index (χ0) is 13.7. The molecule has 2 N–H and O–H groups in total. The Bertz CT molecular complexity index is 401. The van der Waals surface area contributed by atoms with Crippen LogP contribution in [0, 0.1) is 0 Å². The topological polar surface area (TPSA) is 42.5 Å². The number of nitrogens with one attached hydrogen (secondary N) is 2. The SMILES string of the molecule is CNC1CCC(Nc2cc(OC)ccc2OC)CC1. The lowest BCUT2D eigenvalue weighted by Gasteiger charge is -2.30. The molecule has 0 heterocycles. The van der Waals surface area contributed by atoms with Crippen LogP contribution in [-0.2, 0) is 0 Å². The molecule has 0 atom stereocenters. The highest BCUT2D eigenvalue weighted by molar-refractivity contribution is 5.60. The van der Waals surface area contributed by atoms with E-state index in [2.05, 4.69) is 10.6 Å². The highest BCUT2D eigenvalue weighted by atomic mass is 16.5. The minimum absolute atomic E-state index is 0.519. The third kappa shape index (κ3) is 3.53. The summed E-state index contributed by atoms with van der Waals surface area (Å²) in [5.74, 6) is 1.73. The second-order valence-electron chi connectivity index (χ2n) is 5.05. The van der Waals surface area contributed by atoms with Gasteiger partial charge in [0.05, 0.1) is 19.9 Å². The fourth-order valence-corrected chi connectivity index (χ4v) is 2.67. The maximum atomic E-state index is 5.40. The summed E-state index contributed by atoms with van der Waals surface area (Å²) in [4.78, 5) is 0. The van der Waals surface area contributed by atoms with Crippen LogP contribution in [0.5, 0.6) is 11.5 Å². The highest BCUT2D eigenvalue weighted by Gasteiger charge is 2.20. The summed E-state index contributed by atoms with van der Waals surface area (Å²) in [6.45, 7) is 0. The Morgan fingerprint density at radius 2 is 1.68 bits per heavy atom. The zero-order valence-corrected chi connectivity index (χ0v) is 12.0. The largest absolute Gasteiger partial charge is 0.497 e. The molecule has 106 valence electrons. The summed E-state index contributed by atoms with van der Waals surface area (Å²) >= 11 is 0. The lowest BCUT2D eigenvalue weighted by molar-refractivity contribution is 0.368. The summed E-state index contributed by atoms with van der Waals surface area (Å²) < 4.78 is 10.7. The van der Waals surface area contributed by atoms with Gasteiger partial charge in [0.25, 0.3) is 0 Å². The molecule has 1 fully saturated rings. The quantitative estimate of drug-likeness (QED) is 0.858. The highest BCUT2D eigenvalue weighted by Crippen LogP contribution is 2.31. The van der Waals surface area contributed by atoms with Crippen LogP contribution in [-0.4, -0.2) is 33.4 Å². The van der Waals surface area contributed by atoms with E-state index in [1.807, 2.05) is 25.2 Å². The van der Waals surface area contributed by atoms with Crippen LogP contribution >= 0.6 is 0 Å². The van der Waals surface area contributed by atoms with Gasteiger partial charge in [-0.25, -0.2) is 0 Å². The van der Waals surface area contributed by atoms with Crippen molar-refractivity contribution in [2.75, 3.05) is 26.6 Å². The van der Waals surface area contributed by atoms with Crippen molar-refractivity contribution in [3.05, 3.63) is 18.2 Å². The predicted octanol–water partition coefficient (Wildman–Crippen LogP) is 2.65. The van der Waals surface area contributed by atoms with Crippen LogP contribution in [0.3, 0.4) is 0 Å². The molecule has 0 saturated heterocycles. The molecule has 0 spiro atoms. The molecule has 19 heavy (non-hydrogen) atoms. The van der Waals surface area contributed by atoms with E-state index >= 15 is 0 Å². The number of hydrogen-bond acceptors (Lipinski definition) is 4. The van der Waals surface area contributed by atoms with Crippen molar-refractivity contribution < 1.29 is 9.47 Å². The first kappa shape index (κ1) is 14.0. The van der Waals surface area contributed by atoms with Gasteiger partial charge in [-0.05, 0) is 44.9 Å². The second-order valence-corrected chi connectivity index (χ2v) is 5.05. The van der Waals surface area contributed by atoms with Crippen LogP contribution in [0.15, 0.2) is 18.2 Å². The molecule has 1 aromatic carbocycles. The van der Waals surface area contributed by atoms with Gasteiger partial charge in [0, 0.05) is 18.2 Å². The van der Waals surface area contributed by atoms with Gasteiger partial charge in [-0.3, -0.25) is 0 Å². The standard InChI is InChI=1S/C15H24N2O2/c1-16-11-4-6-12(7-5-11)17-14-10-13(18-2)8-9-15(14)19-3/h8-12,16-17H,4-7H2,1-3H3. The molecule has 1 saturated carbocycles. The molecule has 0 amide bonds. The van der Waals surface area contributed by atoms with Crippen LogP contribution in [0.1, 0.15) is 25.7 Å². The predicted molar refractivity (Wildman–Crippen MR) is 78.3 cm³/mol. The van der Waals surface area contributed by atoms with E-state index in [-0.39, 0.29) is 0 Å². The van der Waals surface area contributed by atoms with Crippen molar-refractivity contribution in [3.63, 3.8) is 0 Å². The third-order valence-electron chi connectivity index (χ3n) is 3.90. The Labute approximate surface area is 115 Å². The number of benzene rings is 1. The second kappa shape index (κ2) is 6.66. The third-order valence-corrected chi connectivity index (χ3v) is 3.90. The first-order valence-electron chi connectivity index (χ1n) is 6.92. The van der Waals surface area contributed by atoms with Gasteiger partial charge in [-0.15, -0.1) is 0 Å². The lowest BCUT2D eigenvalue weighted by Crippen LogP contribution is -2.35. The maximum absolute atomic E-state index is 5.40. The Hall–Kier alpha value is -1.42. The minimum atomic E-state index is 0.519. The monoisotopic (exact) mass is 264 g/mol. The molecular weight excluding hydrogens is 240 g/mol. The van der Waals surface area contributed by atoms with E-state index in [1.165, 1.54) is 25.7 Å². The molecule has 4 nitrogen and oxygen atoms in total. The van der Waals surface area contributed by atoms with Gasteiger partial charge in [0.2, 0.25) is 0 Å². The molecule has 0 unspecified atom stereocenters. The van der Waals surface area contributed by atoms with Crippen molar-refractivity contribution in [1.82, 2.24) is 5.32 Å². The average molecular weight is 264 g/mol. The molecule has 0 radical (unpaired) electrons. The number of methoxy groups -OCH3 is 2. The molecular formula is C15H24N2O2. The summed E-state index contributed by atoms with van der Waals surface area (Å²) in [6, 6.07) is 7.06. The zero-order valence-electron chi connectivity index (χ0n) is 12.0. The van der Waals surface area contributed by atoms with Crippen molar-refractivity contribution in [2.45, 2.75) is 37.8 Å². The minimum Gasteiger partial charge on any atom is -0.497 e. The number of anilines is 1. The Morgan fingerprint density at radius 3 is 2.26 bits per heavy atom. The fraction of sp³-hybridized carbons (Fsp3) is 0.600. The smallest absolute Gasteiger partial charge is 0.142 e. The normalized spacial score (nSPS) is 22.9. The van der Waals surface area contributed by atoms with E-state index in [0.717, 1.165) is 17.2 Å². The molecule has 2 rings (SSSR count). The van der Waals surface area contributed by atoms with E-state index < -0.39 is 0 Å². The van der Waals surface area contributed by atoms with Gasteiger partial charge in [-0.1, -0.05) is 0 Å². The van der Waals surface area contributed by atoms with Gasteiger partial charge in [0.15, 0.2) is 0 Å². The van der Waals surface area contributed by atoms with Crippen molar-refractivity contribution in [3.8, 4) is 11.5 Å². The first-order chi connectivity index (χ1) is 9.26. The molecule has 1 aliphatic carbocycles. The van der Waals surface area contributed by atoms with Crippen molar-refractivity contribution >= 4 is 5.69 Å². The Kier molecular flexibility index (Phi) is 4.91. The number of rotatable bonds is 5. The Balaban J connectivity index is 2.02. The van der Waals surface area contributed by atoms with Crippen molar-refractivity contribution in [2.24, 2.45) is 0 Å². The summed E-state index contributed by atoms with van der Waals surface area (Å²) in [6.07, 6.45) is 4.82. The average Bonchev–Trinajstić information content (AvgIpc) is 2.48. The first-order valence-corrected chi connectivity index (χ1v) is 6.92. The van der Waals surface area contributed by atoms with E-state index in [0.29, 0.717) is 12.1 Å². The van der Waals surface area contributed by atoms with Crippen LogP contribution in [0.2, 0.25) is 0 Å². The maximum Gasteiger partial charge on any atom is 0.142 e. The summed E-state index contributed by atoms with van der Waals surface area (Å²) in [5, 5.41) is 6.94.